The van der Waals surface area contributed by atoms with Gasteiger partial charge in [-0.25, -0.2) is 0 Å². The minimum atomic E-state index is -0.598. The largest absolute Gasteiger partial charge is 0.481 e. The van der Waals surface area contributed by atoms with Crippen molar-refractivity contribution in [3.05, 3.63) is 0 Å². The molecule has 2 nitrogen and oxygen atoms in total. The molecule has 1 fully saturated rings. The van der Waals surface area contributed by atoms with E-state index in [0.29, 0.717) is 0 Å². The van der Waals surface area contributed by atoms with Gasteiger partial charge in [0.15, 0.2) is 0 Å². The van der Waals surface area contributed by atoms with Gasteiger partial charge in [0.1, 0.15) is 0 Å². The van der Waals surface area contributed by atoms with Gasteiger partial charge in [0.2, 0.25) is 0 Å². The van der Waals surface area contributed by atoms with E-state index in [2.05, 4.69) is 0 Å². The Kier molecular flexibility index (Phi) is 2.47. The van der Waals surface area contributed by atoms with Gasteiger partial charge in [-0.15, -0.1) is 8.58 Å². The molecule has 0 atom stereocenters. The fourth-order valence-electron chi connectivity index (χ4n) is 1.07. The Balaban J connectivity index is 2.31. The topological polar surface area (TPSA) is 37.3 Å². The average molecular weight is 146 g/mol. The normalized spacial score (nSPS) is 30.4. The highest BCUT2D eigenvalue weighted by molar-refractivity contribution is 7.38. The average Bonchev–Trinajstić information content (AvgIpc) is 1.90. The van der Waals surface area contributed by atoms with Crippen molar-refractivity contribution in [2.75, 3.05) is 12.3 Å². The lowest BCUT2D eigenvalue weighted by atomic mass is 10.0. The van der Waals surface area contributed by atoms with E-state index >= 15 is 0 Å². The van der Waals surface area contributed by atoms with Crippen molar-refractivity contribution in [1.82, 2.24) is 0 Å². The zero-order valence-corrected chi connectivity index (χ0v) is 6.26. The first kappa shape index (κ1) is 7.01. The number of hydrogen-bond donors (Lipinski definition) is 1. The van der Waals surface area contributed by atoms with Gasteiger partial charge in [0.05, 0.1) is 5.92 Å². The second-order valence-corrected chi connectivity index (χ2v) is 3.86. The van der Waals surface area contributed by atoms with Gasteiger partial charge < -0.3 is 5.11 Å². The van der Waals surface area contributed by atoms with Gasteiger partial charge in [0.25, 0.3) is 0 Å². The minimum absolute atomic E-state index is 0.0220. The quantitative estimate of drug-likeness (QED) is 0.563. The van der Waals surface area contributed by atoms with Crippen LogP contribution in [0.1, 0.15) is 12.8 Å². The fourth-order valence-corrected chi connectivity index (χ4v) is 2.42. The molecule has 9 heavy (non-hydrogen) atoms. The molecule has 1 rings (SSSR count). The number of rotatable bonds is 1. The first-order chi connectivity index (χ1) is 4.30. The Morgan fingerprint density at radius 2 is 2.00 bits per heavy atom. The number of carboxylic acid groups (broad SMARTS) is 1. The molecule has 0 radical (unpaired) electrons. The van der Waals surface area contributed by atoms with Crippen molar-refractivity contribution in [3.8, 4) is 0 Å². The van der Waals surface area contributed by atoms with Gasteiger partial charge in [0, 0.05) is 0 Å². The Labute approximate surface area is 56.4 Å². The Bertz CT molecular complexity index is 108. The van der Waals surface area contributed by atoms with Crippen molar-refractivity contribution in [2.24, 2.45) is 5.92 Å². The first-order valence-corrected chi connectivity index (χ1v) is 4.65. The number of hydrogen-bond acceptors (Lipinski definition) is 1. The molecule has 1 aliphatic rings. The molecule has 3 heteroatoms. The van der Waals surface area contributed by atoms with Crippen LogP contribution in [0, 0.1) is 5.92 Å². The van der Waals surface area contributed by atoms with Crippen LogP contribution >= 0.6 is 8.58 Å². The van der Waals surface area contributed by atoms with E-state index in [-0.39, 0.29) is 5.92 Å². The summed E-state index contributed by atoms with van der Waals surface area (Å²) in [6, 6.07) is 0. The third kappa shape index (κ3) is 1.94. The number of carboxylic acids is 1. The number of carbonyl (C=O) groups is 1. The van der Waals surface area contributed by atoms with Crippen molar-refractivity contribution >= 4 is 14.6 Å². The van der Waals surface area contributed by atoms with Crippen molar-refractivity contribution in [1.29, 1.82) is 0 Å². The maximum absolute atomic E-state index is 10.4. The summed E-state index contributed by atoms with van der Waals surface area (Å²) < 4.78 is 0. The SMILES string of the molecule is O=C(O)C1CCPCC1. The first-order valence-electron chi connectivity index (χ1n) is 3.24. The smallest absolute Gasteiger partial charge is 0.306 e. The van der Waals surface area contributed by atoms with Gasteiger partial charge in [-0.3, -0.25) is 4.79 Å². The molecule has 0 aliphatic carbocycles. The summed E-state index contributed by atoms with van der Waals surface area (Å²) in [5.74, 6) is -0.620. The third-order valence-corrected chi connectivity index (χ3v) is 2.97. The molecule has 0 amide bonds. The molecule has 0 bridgehead atoms. The maximum Gasteiger partial charge on any atom is 0.306 e. The molecular weight excluding hydrogens is 135 g/mol. The molecule has 0 aromatic carbocycles. The molecule has 0 aromatic rings. The van der Waals surface area contributed by atoms with Crippen LogP contribution in [0.5, 0.6) is 0 Å². The summed E-state index contributed by atoms with van der Waals surface area (Å²) >= 11 is 0. The summed E-state index contributed by atoms with van der Waals surface area (Å²) in [4.78, 5) is 10.4. The van der Waals surface area contributed by atoms with Crippen LogP contribution in [-0.4, -0.2) is 23.4 Å². The van der Waals surface area contributed by atoms with Crippen molar-refractivity contribution in [3.63, 3.8) is 0 Å². The van der Waals surface area contributed by atoms with E-state index in [9.17, 15) is 4.79 Å². The van der Waals surface area contributed by atoms with E-state index in [4.69, 9.17) is 5.11 Å². The lowest BCUT2D eigenvalue weighted by Gasteiger charge is -2.16. The van der Waals surface area contributed by atoms with E-state index < -0.39 is 5.97 Å². The van der Waals surface area contributed by atoms with Crippen molar-refractivity contribution in [2.45, 2.75) is 12.8 Å². The monoisotopic (exact) mass is 146 g/mol. The van der Waals surface area contributed by atoms with Crippen LogP contribution in [-0.2, 0) is 4.79 Å². The summed E-state index contributed by atoms with van der Waals surface area (Å²) in [6.45, 7) is 0. The van der Waals surface area contributed by atoms with Gasteiger partial charge >= 0.3 is 5.97 Å². The van der Waals surface area contributed by atoms with Crippen LogP contribution in [0.2, 0.25) is 0 Å². The number of aliphatic carboxylic acids is 1. The van der Waals surface area contributed by atoms with Crippen LogP contribution in [0.15, 0.2) is 0 Å². The van der Waals surface area contributed by atoms with Crippen LogP contribution in [0.4, 0.5) is 0 Å². The second kappa shape index (κ2) is 3.17. The Morgan fingerprint density at radius 1 is 1.44 bits per heavy atom. The zero-order valence-electron chi connectivity index (χ0n) is 5.26. The van der Waals surface area contributed by atoms with Crippen LogP contribution in [0.3, 0.4) is 0 Å². The van der Waals surface area contributed by atoms with Crippen LogP contribution in [0.25, 0.3) is 0 Å². The lowest BCUT2D eigenvalue weighted by molar-refractivity contribution is -0.141. The zero-order chi connectivity index (χ0) is 6.69. The summed E-state index contributed by atoms with van der Waals surface area (Å²) in [7, 11) is 1.02. The van der Waals surface area contributed by atoms with Crippen molar-refractivity contribution < 1.29 is 9.90 Å². The van der Waals surface area contributed by atoms with E-state index in [1.54, 1.807) is 0 Å². The molecule has 0 spiro atoms. The molecular formula is C6H11O2P. The van der Waals surface area contributed by atoms with Crippen LogP contribution < -0.4 is 0 Å². The Morgan fingerprint density at radius 3 is 2.33 bits per heavy atom. The lowest BCUT2D eigenvalue weighted by Crippen LogP contribution is -2.17. The highest BCUT2D eigenvalue weighted by Crippen LogP contribution is 2.26. The van der Waals surface area contributed by atoms with E-state index in [1.165, 1.54) is 0 Å². The molecule has 1 aliphatic heterocycles. The predicted molar refractivity (Wildman–Crippen MR) is 38.4 cm³/mol. The standard InChI is InChI=1S/C6H11O2P/c7-6(8)5-1-3-9-4-2-5/h5,9H,1-4H2,(H,7,8). The van der Waals surface area contributed by atoms with E-state index in [0.717, 1.165) is 33.7 Å². The molecule has 1 heterocycles. The molecule has 1 saturated heterocycles. The van der Waals surface area contributed by atoms with Gasteiger partial charge in [-0.1, -0.05) is 0 Å². The highest BCUT2D eigenvalue weighted by atomic mass is 31.1. The molecule has 0 aromatic heterocycles. The third-order valence-electron chi connectivity index (χ3n) is 1.69. The fraction of sp³-hybridized carbons (Fsp3) is 0.833. The molecule has 1 N–H and O–H groups in total. The van der Waals surface area contributed by atoms with E-state index in [1.807, 2.05) is 0 Å². The highest BCUT2D eigenvalue weighted by Gasteiger charge is 2.19. The summed E-state index contributed by atoms with van der Waals surface area (Å²) in [6.07, 6.45) is 4.09. The van der Waals surface area contributed by atoms with Gasteiger partial charge in [-0.05, 0) is 25.2 Å². The maximum atomic E-state index is 10.4. The minimum Gasteiger partial charge on any atom is -0.481 e. The molecule has 0 saturated carbocycles. The summed E-state index contributed by atoms with van der Waals surface area (Å²) in [5, 5.41) is 8.54. The Hall–Kier alpha value is -0.100. The second-order valence-electron chi connectivity index (χ2n) is 2.36. The summed E-state index contributed by atoms with van der Waals surface area (Å²) in [5.41, 5.74) is 0. The van der Waals surface area contributed by atoms with Gasteiger partial charge in [-0.2, -0.15) is 0 Å². The molecule has 0 unspecified atom stereocenters. The molecule has 52 valence electrons. The predicted octanol–water partition coefficient (Wildman–Crippen LogP) is 1.16.